The lowest BCUT2D eigenvalue weighted by Crippen LogP contribution is -2.39. The molecule has 1 atom stereocenters. The highest BCUT2D eigenvalue weighted by atomic mass is 79.9. The van der Waals surface area contributed by atoms with Crippen LogP contribution < -0.4 is 0 Å². The van der Waals surface area contributed by atoms with Crippen LogP contribution in [0.15, 0.2) is 52.5 Å². The molecule has 0 bridgehead atoms. The van der Waals surface area contributed by atoms with Gasteiger partial charge in [0, 0.05) is 30.7 Å². The Morgan fingerprint density at radius 3 is 2.61 bits per heavy atom. The number of Topliss-reactive ketones (excluding diaryl/α,β-unsaturated/α-hetero) is 1. The Hall–Kier alpha value is -2.75. The average molecular weight is 519 g/mol. The maximum Gasteiger partial charge on any atom is 0.295 e. The number of ether oxygens (including phenoxy) is 1. The maximum atomic E-state index is 14.1. The summed E-state index contributed by atoms with van der Waals surface area (Å²) in [6, 6.07) is 9.07. The zero-order chi connectivity index (χ0) is 23.5. The molecule has 2 aliphatic rings. The average Bonchev–Trinajstić information content (AvgIpc) is 3.06. The van der Waals surface area contributed by atoms with E-state index in [1.54, 1.807) is 12.1 Å². The van der Waals surface area contributed by atoms with Crippen LogP contribution in [0.1, 0.15) is 23.6 Å². The summed E-state index contributed by atoms with van der Waals surface area (Å²) in [4.78, 5) is 29.6. The number of hydrogen-bond acceptors (Lipinski definition) is 6. The number of ketones is 1. The minimum absolute atomic E-state index is 0.0112. The number of aliphatic hydroxyl groups is 1. The molecular weight excluding hydrogens is 495 g/mol. The minimum atomic E-state index is -0.969. The van der Waals surface area contributed by atoms with E-state index in [4.69, 9.17) is 4.74 Å². The number of halogens is 2. The number of phenolic OH excluding ortho intramolecular Hbond substituents is 1. The van der Waals surface area contributed by atoms with E-state index in [-0.39, 0.29) is 23.4 Å². The molecule has 2 N–H and O–H groups in total. The van der Waals surface area contributed by atoms with Crippen LogP contribution in [0.5, 0.6) is 5.75 Å². The molecule has 7 nitrogen and oxygen atoms in total. The topological polar surface area (TPSA) is 90.3 Å². The van der Waals surface area contributed by atoms with E-state index in [2.05, 4.69) is 20.8 Å². The summed E-state index contributed by atoms with van der Waals surface area (Å²) in [5.41, 5.74) is 0.207. The third-order valence-corrected chi connectivity index (χ3v) is 6.39. The highest BCUT2D eigenvalue weighted by Gasteiger charge is 2.46. The van der Waals surface area contributed by atoms with E-state index >= 15 is 0 Å². The summed E-state index contributed by atoms with van der Waals surface area (Å²) >= 11 is 3.28. The fourth-order valence-electron chi connectivity index (χ4n) is 4.27. The molecule has 2 fully saturated rings. The summed E-state index contributed by atoms with van der Waals surface area (Å²) in [6.07, 6.45) is 0.598. The molecule has 9 heteroatoms. The molecule has 0 aromatic heterocycles. The smallest absolute Gasteiger partial charge is 0.295 e. The fraction of sp³-hybridized carbons (Fsp3) is 0.333. The first kappa shape index (κ1) is 23.4. The Bertz CT molecular complexity index is 1100. The number of morpholine rings is 1. The zero-order valence-corrected chi connectivity index (χ0v) is 19.4. The van der Waals surface area contributed by atoms with Crippen LogP contribution in [-0.4, -0.2) is 71.1 Å². The first-order valence-electron chi connectivity index (χ1n) is 10.7. The van der Waals surface area contributed by atoms with E-state index in [9.17, 15) is 24.2 Å². The van der Waals surface area contributed by atoms with Gasteiger partial charge in [-0.25, -0.2) is 4.39 Å². The number of amides is 1. The summed E-state index contributed by atoms with van der Waals surface area (Å²) < 4.78 is 20.0. The maximum absolute atomic E-state index is 14.1. The van der Waals surface area contributed by atoms with Gasteiger partial charge in [0.05, 0.1) is 30.4 Å². The van der Waals surface area contributed by atoms with Gasteiger partial charge in [0.2, 0.25) is 0 Å². The molecular formula is C24H24BrFN2O5. The van der Waals surface area contributed by atoms with Gasteiger partial charge < -0.3 is 19.8 Å². The molecule has 2 aliphatic heterocycles. The summed E-state index contributed by atoms with van der Waals surface area (Å²) in [7, 11) is 0. The fourth-order valence-corrected chi connectivity index (χ4v) is 4.63. The van der Waals surface area contributed by atoms with E-state index in [1.165, 1.54) is 35.2 Å². The number of aromatic hydroxyl groups is 1. The van der Waals surface area contributed by atoms with Crippen molar-refractivity contribution in [1.29, 1.82) is 0 Å². The third kappa shape index (κ3) is 4.95. The molecule has 0 spiro atoms. The first-order chi connectivity index (χ1) is 15.9. The van der Waals surface area contributed by atoms with Crippen LogP contribution in [0, 0.1) is 5.82 Å². The van der Waals surface area contributed by atoms with Gasteiger partial charge >= 0.3 is 0 Å². The largest absolute Gasteiger partial charge is 0.507 e. The van der Waals surface area contributed by atoms with Gasteiger partial charge in [0.1, 0.15) is 17.3 Å². The van der Waals surface area contributed by atoms with Crippen molar-refractivity contribution in [1.82, 2.24) is 9.80 Å². The Morgan fingerprint density at radius 1 is 1.12 bits per heavy atom. The quantitative estimate of drug-likeness (QED) is 0.346. The SMILES string of the molecule is O=C1C(=O)N(CCCN2CCOCC2)C(c2cccc(F)c2)C1=C(O)c1cc(Br)ccc1O. The number of carbonyl (C=O) groups excluding carboxylic acids is 2. The molecule has 1 amide bonds. The van der Waals surface area contributed by atoms with Gasteiger partial charge in [-0.2, -0.15) is 0 Å². The number of nitrogens with zero attached hydrogens (tertiary/aromatic N) is 2. The Balaban J connectivity index is 1.71. The van der Waals surface area contributed by atoms with Gasteiger partial charge in [-0.1, -0.05) is 28.1 Å². The van der Waals surface area contributed by atoms with E-state index in [1.807, 2.05) is 0 Å². The lowest BCUT2D eigenvalue weighted by molar-refractivity contribution is -0.140. The van der Waals surface area contributed by atoms with Crippen LogP contribution in [0.3, 0.4) is 0 Å². The molecule has 2 heterocycles. The van der Waals surface area contributed by atoms with Gasteiger partial charge in [-0.05, 0) is 42.3 Å². The second-order valence-corrected chi connectivity index (χ2v) is 8.93. The van der Waals surface area contributed by atoms with Crippen molar-refractivity contribution in [3.05, 3.63) is 69.5 Å². The number of carbonyl (C=O) groups is 2. The highest BCUT2D eigenvalue weighted by Crippen LogP contribution is 2.41. The zero-order valence-electron chi connectivity index (χ0n) is 17.8. The van der Waals surface area contributed by atoms with Crippen molar-refractivity contribution in [2.24, 2.45) is 0 Å². The van der Waals surface area contributed by atoms with Crippen LogP contribution in [0.2, 0.25) is 0 Å². The van der Waals surface area contributed by atoms with Crippen molar-refractivity contribution >= 4 is 33.4 Å². The molecule has 2 aromatic carbocycles. The number of aliphatic hydroxyl groups excluding tert-OH is 1. The van der Waals surface area contributed by atoms with Crippen LogP contribution >= 0.6 is 15.9 Å². The molecule has 174 valence electrons. The first-order valence-corrected chi connectivity index (χ1v) is 11.5. The van der Waals surface area contributed by atoms with Crippen molar-refractivity contribution in [3.8, 4) is 5.75 Å². The summed E-state index contributed by atoms with van der Waals surface area (Å²) in [6.45, 7) is 3.88. The lowest BCUT2D eigenvalue weighted by atomic mass is 9.95. The van der Waals surface area contributed by atoms with Crippen molar-refractivity contribution in [2.75, 3.05) is 39.4 Å². The Labute approximate surface area is 199 Å². The van der Waals surface area contributed by atoms with Gasteiger partial charge in [-0.15, -0.1) is 0 Å². The van der Waals surface area contributed by atoms with Gasteiger partial charge in [-0.3, -0.25) is 14.5 Å². The van der Waals surface area contributed by atoms with Crippen molar-refractivity contribution in [3.63, 3.8) is 0 Å². The third-order valence-electron chi connectivity index (χ3n) is 5.90. The Morgan fingerprint density at radius 2 is 1.88 bits per heavy atom. The van der Waals surface area contributed by atoms with E-state index < -0.39 is 29.3 Å². The van der Waals surface area contributed by atoms with Gasteiger partial charge in [0.25, 0.3) is 11.7 Å². The van der Waals surface area contributed by atoms with Crippen molar-refractivity contribution in [2.45, 2.75) is 12.5 Å². The Kier molecular flexibility index (Phi) is 7.11. The standard InChI is InChI=1S/C24H24BrFN2O5/c25-16-5-6-19(29)18(14-16)22(30)20-21(15-3-1-4-17(26)13-15)28(24(32)23(20)31)8-2-7-27-9-11-33-12-10-27/h1,3-6,13-14,21,29-30H,2,7-12H2. The second-order valence-electron chi connectivity index (χ2n) is 8.02. The minimum Gasteiger partial charge on any atom is -0.507 e. The monoisotopic (exact) mass is 518 g/mol. The van der Waals surface area contributed by atoms with Crippen LogP contribution in [-0.2, 0) is 14.3 Å². The molecule has 1 unspecified atom stereocenters. The van der Waals surface area contributed by atoms with Gasteiger partial charge in [0.15, 0.2) is 0 Å². The predicted molar refractivity (Wildman–Crippen MR) is 123 cm³/mol. The number of likely N-dealkylation sites (tertiary alicyclic amines) is 1. The summed E-state index contributed by atoms with van der Waals surface area (Å²) in [5.74, 6) is -2.89. The number of rotatable bonds is 6. The molecule has 2 aromatic rings. The normalized spacial score (nSPS) is 21.0. The summed E-state index contributed by atoms with van der Waals surface area (Å²) in [5, 5.41) is 21.3. The van der Waals surface area contributed by atoms with Crippen LogP contribution in [0.4, 0.5) is 4.39 Å². The second kappa shape index (κ2) is 10.0. The molecule has 4 rings (SSSR count). The molecule has 0 radical (unpaired) electrons. The van der Waals surface area contributed by atoms with Crippen molar-refractivity contribution < 1.29 is 28.9 Å². The lowest BCUT2D eigenvalue weighted by Gasteiger charge is -2.29. The number of benzene rings is 2. The molecule has 0 aliphatic carbocycles. The highest BCUT2D eigenvalue weighted by molar-refractivity contribution is 9.10. The molecule has 2 saturated heterocycles. The number of phenols is 1. The predicted octanol–water partition coefficient (Wildman–Crippen LogP) is 3.44. The van der Waals surface area contributed by atoms with Crippen LogP contribution in [0.25, 0.3) is 5.76 Å². The van der Waals surface area contributed by atoms with E-state index in [0.29, 0.717) is 36.2 Å². The van der Waals surface area contributed by atoms with E-state index in [0.717, 1.165) is 13.1 Å². The molecule has 0 saturated carbocycles. The molecule has 33 heavy (non-hydrogen) atoms. The number of hydrogen-bond donors (Lipinski definition) is 2.